The van der Waals surface area contributed by atoms with Crippen molar-refractivity contribution in [1.29, 1.82) is 0 Å². The van der Waals surface area contributed by atoms with E-state index < -0.39 is 7.26 Å². The predicted molar refractivity (Wildman–Crippen MR) is 103 cm³/mol. The van der Waals surface area contributed by atoms with Crippen molar-refractivity contribution in [1.82, 2.24) is 0 Å². The number of thiophene rings is 3. The SMILES string of the molecule is COC[P+](Cc1cccs1)(Cc1cccs1)Cc1cccs1. The molecule has 22 heavy (non-hydrogen) atoms. The van der Waals surface area contributed by atoms with Gasteiger partial charge in [0.15, 0.2) is 6.35 Å². The second kappa shape index (κ2) is 7.85. The zero-order chi connectivity index (χ0) is 15.3. The highest BCUT2D eigenvalue weighted by Crippen LogP contribution is 2.67. The summed E-state index contributed by atoms with van der Waals surface area (Å²) in [4.78, 5) is 4.50. The lowest BCUT2D eigenvalue weighted by molar-refractivity contribution is 0.252. The Labute approximate surface area is 144 Å². The molecular weight excluding hydrogens is 347 g/mol. The third-order valence-corrected chi connectivity index (χ3v) is 10.7. The Morgan fingerprint density at radius 1 is 0.773 bits per heavy atom. The lowest BCUT2D eigenvalue weighted by Crippen LogP contribution is -2.08. The van der Waals surface area contributed by atoms with E-state index in [0.29, 0.717) is 0 Å². The molecule has 0 aliphatic heterocycles. The highest BCUT2D eigenvalue weighted by molar-refractivity contribution is 7.74. The summed E-state index contributed by atoms with van der Waals surface area (Å²) in [6, 6.07) is 13.3. The molecule has 5 heteroatoms. The van der Waals surface area contributed by atoms with E-state index in [1.165, 1.54) is 33.1 Å². The standard InChI is InChI=1S/C17H20OPS3/c1-18-14-19(11-15-5-2-8-20-15,12-16-6-3-9-21-16)13-17-7-4-10-22-17/h2-10H,11-14H2,1H3/q+1. The number of methoxy groups -OCH3 is 1. The number of rotatable bonds is 8. The third kappa shape index (κ3) is 4.27. The monoisotopic (exact) mass is 367 g/mol. The molecule has 0 aromatic carbocycles. The quantitative estimate of drug-likeness (QED) is 0.419. The van der Waals surface area contributed by atoms with Gasteiger partial charge in [0.05, 0.1) is 25.7 Å². The summed E-state index contributed by atoms with van der Waals surface area (Å²) in [5.41, 5.74) is 0. The largest absolute Gasteiger partial charge is 0.350 e. The van der Waals surface area contributed by atoms with Gasteiger partial charge in [-0.1, -0.05) is 18.2 Å². The molecule has 0 atom stereocenters. The van der Waals surface area contributed by atoms with Crippen molar-refractivity contribution in [2.45, 2.75) is 18.5 Å². The smallest absolute Gasteiger partial charge is 0.157 e. The van der Waals surface area contributed by atoms with E-state index in [-0.39, 0.29) is 0 Å². The number of hydrogen-bond acceptors (Lipinski definition) is 4. The summed E-state index contributed by atoms with van der Waals surface area (Å²) in [7, 11) is 0.600. The van der Waals surface area contributed by atoms with Gasteiger partial charge in [-0.05, 0) is 34.3 Å². The molecule has 0 amide bonds. The van der Waals surface area contributed by atoms with E-state index in [9.17, 15) is 0 Å². The molecule has 0 saturated carbocycles. The van der Waals surface area contributed by atoms with Crippen molar-refractivity contribution in [3.8, 4) is 0 Å². The minimum atomic E-state index is -1.25. The Morgan fingerprint density at radius 2 is 1.18 bits per heavy atom. The van der Waals surface area contributed by atoms with Gasteiger partial charge in [0.2, 0.25) is 0 Å². The second-order valence-corrected chi connectivity index (χ2v) is 12.5. The summed E-state index contributed by atoms with van der Waals surface area (Å²) in [6.45, 7) is 0. The molecular formula is C17H20OPS3+. The molecule has 3 heterocycles. The Kier molecular flexibility index (Phi) is 5.83. The normalized spacial score (nSPS) is 11.9. The molecule has 3 aromatic rings. The average Bonchev–Trinajstić information content (AvgIpc) is 3.22. The minimum absolute atomic E-state index is 0.903. The van der Waals surface area contributed by atoms with Crippen molar-refractivity contribution in [2.75, 3.05) is 13.5 Å². The van der Waals surface area contributed by atoms with E-state index >= 15 is 0 Å². The van der Waals surface area contributed by atoms with Gasteiger partial charge >= 0.3 is 0 Å². The third-order valence-electron chi connectivity index (χ3n) is 3.62. The van der Waals surface area contributed by atoms with Crippen molar-refractivity contribution in [2.24, 2.45) is 0 Å². The molecule has 1 nitrogen and oxygen atoms in total. The molecule has 3 aromatic heterocycles. The van der Waals surface area contributed by atoms with Crippen LogP contribution in [-0.4, -0.2) is 13.5 Å². The van der Waals surface area contributed by atoms with Crippen LogP contribution in [0.25, 0.3) is 0 Å². The Morgan fingerprint density at radius 3 is 1.45 bits per heavy atom. The van der Waals surface area contributed by atoms with E-state index in [2.05, 4.69) is 52.5 Å². The summed E-state index contributed by atoms with van der Waals surface area (Å²) in [5, 5.41) is 6.56. The first kappa shape index (κ1) is 16.4. The first-order valence-corrected chi connectivity index (χ1v) is 12.4. The topological polar surface area (TPSA) is 9.23 Å². The van der Waals surface area contributed by atoms with Gasteiger partial charge in [-0.15, -0.1) is 34.0 Å². The lowest BCUT2D eigenvalue weighted by Gasteiger charge is -2.25. The first-order valence-electron chi connectivity index (χ1n) is 7.21. The van der Waals surface area contributed by atoms with Gasteiger partial charge in [-0.2, -0.15) is 0 Å². The molecule has 0 fully saturated rings. The molecule has 116 valence electrons. The average molecular weight is 368 g/mol. The van der Waals surface area contributed by atoms with E-state index in [1.807, 2.05) is 41.1 Å². The van der Waals surface area contributed by atoms with Crippen LogP contribution in [-0.2, 0) is 23.2 Å². The predicted octanol–water partition coefficient (Wildman–Crippen LogP) is 6.39. The summed E-state index contributed by atoms with van der Waals surface area (Å²) in [6.07, 6.45) is 4.47. The molecule has 0 bridgehead atoms. The summed E-state index contributed by atoms with van der Waals surface area (Å²) < 4.78 is 5.72. The zero-order valence-corrected chi connectivity index (χ0v) is 15.9. The van der Waals surface area contributed by atoms with Crippen LogP contribution in [0.4, 0.5) is 0 Å². The maximum atomic E-state index is 5.72. The van der Waals surface area contributed by atoms with E-state index in [4.69, 9.17) is 4.74 Å². The first-order chi connectivity index (χ1) is 10.8. The molecule has 0 radical (unpaired) electrons. The van der Waals surface area contributed by atoms with Gasteiger partial charge in [0.1, 0.15) is 0 Å². The molecule has 0 N–H and O–H groups in total. The van der Waals surface area contributed by atoms with Crippen LogP contribution in [0.15, 0.2) is 52.5 Å². The highest BCUT2D eigenvalue weighted by Gasteiger charge is 2.39. The van der Waals surface area contributed by atoms with Crippen LogP contribution in [0, 0.1) is 0 Å². The van der Waals surface area contributed by atoms with Crippen LogP contribution in [0.1, 0.15) is 14.6 Å². The molecule has 3 rings (SSSR count). The Balaban J connectivity index is 1.89. The Bertz CT molecular complexity index is 555. The van der Waals surface area contributed by atoms with Crippen molar-refractivity contribution in [3.05, 3.63) is 67.2 Å². The van der Waals surface area contributed by atoms with Gasteiger partial charge < -0.3 is 4.74 Å². The zero-order valence-electron chi connectivity index (χ0n) is 12.6. The number of ether oxygens (including phenoxy) is 1. The fourth-order valence-electron chi connectivity index (χ4n) is 2.78. The van der Waals surface area contributed by atoms with E-state index in [0.717, 1.165) is 6.35 Å². The van der Waals surface area contributed by atoms with Crippen LogP contribution < -0.4 is 0 Å². The second-order valence-electron chi connectivity index (χ2n) is 5.47. The lowest BCUT2D eigenvalue weighted by atomic mass is 10.5. The van der Waals surface area contributed by atoms with Crippen LogP contribution in [0.3, 0.4) is 0 Å². The van der Waals surface area contributed by atoms with Gasteiger partial charge in [-0.25, -0.2) is 0 Å². The van der Waals surface area contributed by atoms with Gasteiger partial charge in [0.25, 0.3) is 0 Å². The van der Waals surface area contributed by atoms with Gasteiger partial charge in [-0.3, -0.25) is 0 Å². The van der Waals surface area contributed by atoms with Crippen molar-refractivity contribution >= 4 is 41.3 Å². The highest BCUT2D eigenvalue weighted by atomic mass is 32.1. The maximum absolute atomic E-state index is 5.72. The molecule has 0 saturated heterocycles. The van der Waals surface area contributed by atoms with Crippen LogP contribution in [0.2, 0.25) is 0 Å². The molecule has 0 spiro atoms. The summed E-state index contributed by atoms with van der Waals surface area (Å²) >= 11 is 5.64. The molecule has 0 aliphatic rings. The molecule has 0 aliphatic carbocycles. The fraction of sp³-hybridized carbons (Fsp3) is 0.294. The molecule has 0 unspecified atom stereocenters. The Hall–Kier alpha value is -0.510. The minimum Gasteiger partial charge on any atom is -0.350 e. The van der Waals surface area contributed by atoms with Crippen LogP contribution in [0.5, 0.6) is 0 Å². The number of hydrogen-bond donors (Lipinski definition) is 0. The van der Waals surface area contributed by atoms with Crippen molar-refractivity contribution in [3.63, 3.8) is 0 Å². The fourth-order valence-corrected chi connectivity index (χ4v) is 11.1. The van der Waals surface area contributed by atoms with Gasteiger partial charge in [0, 0.05) is 21.7 Å². The summed E-state index contributed by atoms with van der Waals surface area (Å²) in [5.74, 6) is 0. The van der Waals surface area contributed by atoms with Crippen LogP contribution >= 0.6 is 41.3 Å². The van der Waals surface area contributed by atoms with E-state index in [1.54, 1.807) is 0 Å². The van der Waals surface area contributed by atoms with Crippen molar-refractivity contribution < 1.29 is 4.74 Å². The maximum Gasteiger partial charge on any atom is 0.157 e.